The van der Waals surface area contributed by atoms with E-state index in [9.17, 15) is 13.2 Å². The van der Waals surface area contributed by atoms with Gasteiger partial charge in [-0.25, -0.2) is 0 Å². The van der Waals surface area contributed by atoms with E-state index in [4.69, 9.17) is 4.74 Å². The molecule has 2 atom stereocenters. The smallest absolute Gasteiger partial charge is 0.401 e. The molecule has 29 heavy (non-hydrogen) atoms. The molecule has 2 aliphatic rings. The summed E-state index contributed by atoms with van der Waals surface area (Å²) in [5.41, 5.74) is 1.27. The molecule has 1 N–H and O–H groups in total. The van der Waals surface area contributed by atoms with Crippen LogP contribution in [0.4, 0.5) is 13.2 Å². The molecule has 5 nitrogen and oxygen atoms in total. The predicted octanol–water partition coefficient (Wildman–Crippen LogP) is 3.70. The predicted molar refractivity (Wildman–Crippen MR) is 119 cm³/mol. The number of methoxy groups -OCH3 is 1. The van der Waals surface area contributed by atoms with E-state index in [1.165, 1.54) is 10.5 Å². The van der Waals surface area contributed by atoms with Gasteiger partial charge in [-0.2, -0.15) is 13.2 Å². The van der Waals surface area contributed by atoms with Crippen LogP contribution in [0.2, 0.25) is 0 Å². The summed E-state index contributed by atoms with van der Waals surface area (Å²) < 4.78 is 43.1. The molecule has 2 aliphatic heterocycles. The van der Waals surface area contributed by atoms with Crippen LogP contribution in [0.1, 0.15) is 31.2 Å². The summed E-state index contributed by atoms with van der Waals surface area (Å²) in [6.45, 7) is 4.39. The van der Waals surface area contributed by atoms with Gasteiger partial charge in [0.1, 0.15) is 5.75 Å². The second kappa shape index (κ2) is 10.7. The number of rotatable bonds is 5. The van der Waals surface area contributed by atoms with Crippen molar-refractivity contribution in [2.45, 2.75) is 37.9 Å². The molecule has 164 valence electrons. The Bertz CT molecular complexity index is 669. The van der Waals surface area contributed by atoms with E-state index >= 15 is 0 Å². The molecule has 2 unspecified atom stereocenters. The average molecular weight is 526 g/mol. The number of halogens is 4. The Morgan fingerprint density at radius 2 is 1.90 bits per heavy atom. The molecule has 0 radical (unpaired) electrons. The largest absolute Gasteiger partial charge is 0.497 e. The van der Waals surface area contributed by atoms with Gasteiger partial charge < -0.3 is 15.0 Å². The minimum atomic E-state index is -4.14. The van der Waals surface area contributed by atoms with Crippen LogP contribution in [-0.4, -0.2) is 74.4 Å². The van der Waals surface area contributed by atoms with Crippen molar-refractivity contribution in [2.24, 2.45) is 4.99 Å². The number of benzene rings is 1. The van der Waals surface area contributed by atoms with Crippen LogP contribution in [0, 0.1) is 0 Å². The number of ether oxygens (including phenoxy) is 1. The van der Waals surface area contributed by atoms with Gasteiger partial charge in [-0.05, 0) is 37.5 Å². The van der Waals surface area contributed by atoms with Gasteiger partial charge in [-0.15, -0.1) is 24.0 Å². The van der Waals surface area contributed by atoms with Gasteiger partial charge in [0.2, 0.25) is 0 Å². The summed E-state index contributed by atoms with van der Waals surface area (Å²) in [6.07, 6.45) is -2.41. The summed E-state index contributed by atoms with van der Waals surface area (Å²) in [5, 5.41) is 3.41. The molecular weight excluding hydrogens is 496 g/mol. The molecule has 0 bridgehead atoms. The second-order valence-electron chi connectivity index (χ2n) is 7.48. The molecular formula is C20H30F3IN4O. The first kappa shape index (κ1) is 24.0. The molecule has 2 saturated heterocycles. The first-order chi connectivity index (χ1) is 13.4. The van der Waals surface area contributed by atoms with Gasteiger partial charge in [-0.1, -0.05) is 12.1 Å². The van der Waals surface area contributed by atoms with Crippen molar-refractivity contribution >= 4 is 29.9 Å². The van der Waals surface area contributed by atoms with E-state index < -0.39 is 12.7 Å². The van der Waals surface area contributed by atoms with E-state index in [2.05, 4.69) is 27.3 Å². The van der Waals surface area contributed by atoms with Crippen molar-refractivity contribution in [3.8, 4) is 5.75 Å². The molecule has 9 heteroatoms. The van der Waals surface area contributed by atoms with Gasteiger partial charge >= 0.3 is 6.18 Å². The van der Waals surface area contributed by atoms with Crippen molar-refractivity contribution < 1.29 is 17.9 Å². The maximum atomic E-state index is 12.6. The topological polar surface area (TPSA) is 40.1 Å². The minimum Gasteiger partial charge on any atom is -0.497 e. The Kier molecular flexibility index (Phi) is 8.87. The molecule has 0 amide bonds. The monoisotopic (exact) mass is 526 g/mol. The van der Waals surface area contributed by atoms with Gasteiger partial charge in [0.15, 0.2) is 5.96 Å². The first-order valence-electron chi connectivity index (χ1n) is 9.87. The Morgan fingerprint density at radius 3 is 2.52 bits per heavy atom. The van der Waals surface area contributed by atoms with Crippen molar-refractivity contribution in [2.75, 3.05) is 46.4 Å². The van der Waals surface area contributed by atoms with Crippen molar-refractivity contribution in [3.63, 3.8) is 0 Å². The number of hydrogen-bond acceptors (Lipinski definition) is 3. The third kappa shape index (κ3) is 6.91. The highest BCUT2D eigenvalue weighted by molar-refractivity contribution is 14.0. The van der Waals surface area contributed by atoms with Crippen LogP contribution in [0.5, 0.6) is 5.75 Å². The molecule has 2 heterocycles. The molecule has 0 saturated carbocycles. The zero-order chi connectivity index (χ0) is 20.1. The summed E-state index contributed by atoms with van der Waals surface area (Å²) in [5.74, 6) is 2.08. The summed E-state index contributed by atoms with van der Waals surface area (Å²) in [7, 11) is 1.66. The van der Waals surface area contributed by atoms with E-state index in [1.54, 1.807) is 7.11 Å². The highest BCUT2D eigenvalue weighted by Crippen LogP contribution is 2.29. The molecule has 0 aromatic heterocycles. The van der Waals surface area contributed by atoms with Gasteiger partial charge in [0.25, 0.3) is 0 Å². The zero-order valence-corrected chi connectivity index (χ0v) is 19.2. The van der Waals surface area contributed by atoms with Gasteiger partial charge in [-0.3, -0.25) is 9.89 Å². The SMILES string of the molecule is CCN=C(NC1CCN(CC(F)(F)F)C1)N1CCC(c2ccc(OC)cc2)C1.I. The number of hydrogen-bond donors (Lipinski definition) is 1. The maximum absolute atomic E-state index is 12.6. The second-order valence-corrected chi connectivity index (χ2v) is 7.48. The lowest BCUT2D eigenvalue weighted by Crippen LogP contribution is -2.46. The third-order valence-electron chi connectivity index (χ3n) is 5.39. The van der Waals surface area contributed by atoms with Crippen LogP contribution in [0.25, 0.3) is 0 Å². The number of nitrogens with one attached hydrogen (secondary N) is 1. The molecule has 3 rings (SSSR count). The van der Waals surface area contributed by atoms with E-state index in [0.29, 0.717) is 32.0 Å². The fraction of sp³-hybridized carbons (Fsp3) is 0.650. The maximum Gasteiger partial charge on any atom is 0.401 e. The molecule has 0 aliphatic carbocycles. The number of likely N-dealkylation sites (tertiary alicyclic amines) is 2. The quantitative estimate of drug-likeness (QED) is 0.361. The molecule has 1 aromatic rings. The van der Waals surface area contributed by atoms with E-state index in [-0.39, 0.29) is 30.0 Å². The van der Waals surface area contributed by atoms with Crippen LogP contribution in [0.15, 0.2) is 29.3 Å². The number of aliphatic imine (C=N–C) groups is 1. The Balaban J connectivity index is 0.00000300. The van der Waals surface area contributed by atoms with Crippen LogP contribution >= 0.6 is 24.0 Å². The van der Waals surface area contributed by atoms with Crippen molar-refractivity contribution in [3.05, 3.63) is 29.8 Å². The molecule has 2 fully saturated rings. The lowest BCUT2D eigenvalue weighted by Gasteiger charge is -2.25. The Labute approximate surface area is 187 Å². The zero-order valence-electron chi connectivity index (χ0n) is 16.9. The highest BCUT2D eigenvalue weighted by atomic mass is 127. The first-order valence-corrected chi connectivity index (χ1v) is 9.87. The van der Waals surface area contributed by atoms with E-state index in [1.807, 2.05) is 19.1 Å². The third-order valence-corrected chi connectivity index (χ3v) is 5.39. The van der Waals surface area contributed by atoms with Gasteiger partial charge in [0, 0.05) is 44.7 Å². The fourth-order valence-electron chi connectivity index (χ4n) is 4.02. The Hall–Kier alpha value is -1.23. The fourth-order valence-corrected chi connectivity index (χ4v) is 4.02. The lowest BCUT2D eigenvalue weighted by molar-refractivity contribution is -0.143. The molecule has 0 spiro atoms. The molecule has 1 aromatic carbocycles. The number of guanidine groups is 1. The number of alkyl halides is 3. The summed E-state index contributed by atoms with van der Waals surface area (Å²) in [4.78, 5) is 8.29. The lowest BCUT2D eigenvalue weighted by atomic mass is 9.98. The normalized spacial score (nSPS) is 23.2. The van der Waals surface area contributed by atoms with Crippen molar-refractivity contribution in [1.29, 1.82) is 0 Å². The van der Waals surface area contributed by atoms with Crippen LogP contribution in [-0.2, 0) is 0 Å². The van der Waals surface area contributed by atoms with Crippen LogP contribution in [0.3, 0.4) is 0 Å². The van der Waals surface area contributed by atoms with E-state index in [0.717, 1.165) is 31.2 Å². The Morgan fingerprint density at radius 1 is 1.17 bits per heavy atom. The minimum absolute atomic E-state index is 0. The van der Waals surface area contributed by atoms with Gasteiger partial charge in [0.05, 0.1) is 13.7 Å². The van der Waals surface area contributed by atoms with Crippen LogP contribution < -0.4 is 10.1 Å². The van der Waals surface area contributed by atoms with Crippen molar-refractivity contribution in [1.82, 2.24) is 15.1 Å². The number of nitrogens with zero attached hydrogens (tertiary/aromatic N) is 3. The summed E-state index contributed by atoms with van der Waals surface area (Å²) in [6, 6.07) is 8.16. The highest BCUT2D eigenvalue weighted by Gasteiger charge is 2.35. The average Bonchev–Trinajstić information content (AvgIpc) is 3.30. The summed E-state index contributed by atoms with van der Waals surface area (Å²) >= 11 is 0. The standard InChI is InChI=1S/C20H29F3N4O.HI/c1-3-24-19(25-17-9-10-26(13-17)14-20(21,22)23)27-11-8-16(12-27)15-4-6-18(28-2)7-5-15;/h4-7,16-17H,3,8-14H2,1-2H3,(H,24,25);1H.